The van der Waals surface area contributed by atoms with Gasteiger partial charge in [-0.2, -0.15) is 22.0 Å². The first-order valence-electron chi connectivity index (χ1n) is 8.22. The lowest BCUT2D eigenvalue weighted by atomic mass is 9.96. The Balaban J connectivity index is 3.10. The van der Waals surface area contributed by atoms with Crippen molar-refractivity contribution in [3.63, 3.8) is 0 Å². The van der Waals surface area contributed by atoms with E-state index < -0.39 is 59.6 Å². The Kier molecular flexibility index (Phi) is 8.56. The van der Waals surface area contributed by atoms with Crippen LogP contribution in [-0.4, -0.2) is 57.3 Å². The van der Waals surface area contributed by atoms with Crippen LogP contribution in [0.3, 0.4) is 0 Å². The average Bonchev–Trinajstić information content (AvgIpc) is 2.58. The highest BCUT2D eigenvalue weighted by Gasteiger charge is 2.69. The molecule has 1 rings (SSSR count). The maximum atomic E-state index is 13.6. The Labute approximate surface area is 159 Å². The first kappa shape index (κ1) is 24.5. The van der Waals surface area contributed by atoms with E-state index in [2.05, 4.69) is 19.5 Å². The summed E-state index contributed by atoms with van der Waals surface area (Å²) >= 11 is -3.91. The lowest BCUT2D eigenvalue weighted by Gasteiger charge is -2.33. The Bertz CT molecular complexity index is 583. The molecule has 1 aliphatic carbocycles. The second-order valence-electron chi connectivity index (χ2n) is 5.88. The lowest BCUT2D eigenvalue weighted by molar-refractivity contribution is -0.355. The van der Waals surface area contributed by atoms with Crippen LogP contribution in [0.25, 0.3) is 0 Å². The molecule has 2 atom stereocenters. The highest BCUT2D eigenvalue weighted by Crippen LogP contribution is 2.38. The van der Waals surface area contributed by atoms with Crippen molar-refractivity contribution < 1.29 is 54.5 Å². The maximum Gasteiger partial charge on any atom is 0.468 e. The van der Waals surface area contributed by atoms with E-state index in [1.54, 1.807) is 0 Å². The van der Waals surface area contributed by atoms with Gasteiger partial charge < -0.3 is 24.1 Å². The van der Waals surface area contributed by atoms with Crippen LogP contribution < -0.4 is 5.32 Å². The predicted molar refractivity (Wildman–Crippen MR) is 83.6 cm³/mol. The zero-order valence-corrected chi connectivity index (χ0v) is 15.5. The zero-order chi connectivity index (χ0) is 21.6. The summed E-state index contributed by atoms with van der Waals surface area (Å²) in [5, 5.41) is -2.56. The molecule has 0 aromatic carbocycles. The van der Waals surface area contributed by atoms with Crippen LogP contribution in [0.15, 0.2) is 0 Å². The van der Waals surface area contributed by atoms with E-state index in [0.29, 0.717) is 25.7 Å². The summed E-state index contributed by atoms with van der Waals surface area (Å²) in [4.78, 5) is 23.8. The van der Waals surface area contributed by atoms with Crippen LogP contribution >= 0.6 is 0 Å². The fraction of sp³-hybridized carbons (Fsp3) is 0.857. The molecule has 28 heavy (non-hydrogen) atoms. The number of rotatable bonds is 8. The van der Waals surface area contributed by atoms with Gasteiger partial charge >= 0.3 is 29.3 Å². The van der Waals surface area contributed by atoms with E-state index in [-0.39, 0.29) is 0 Å². The number of ether oxygens (including phenoxy) is 3. The minimum Gasteiger partial charge on any atom is -0.461 e. The van der Waals surface area contributed by atoms with E-state index in [4.69, 9.17) is 4.55 Å². The molecular weight excluding hydrogens is 421 g/mol. The molecule has 164 valence electrons. The Morgan fingerprint density at radius 3 is 2.18 bits per heavy atom. The number of alkyl halides is 5. The number of carbonyl (C=O) groups excluding carboxylic acids is 2. The smallest absolute Gasteiger partial charge is 0.461 e. The summed E-state index contributed by atoms with van der Waals surface area (Å²) in [5.74, 6) is -6.84. The van der Waals surface area contributed by atoms with Crippen LogP contribution in [0, 0.1) is 0 Å². The molecule has 8 nitrogen and oxygen atoms in total. The van der Waals surface area contributed by atoms with Crippen LogP contribution in [0.4, 0.5) is 26.7 Å². The maximum absolute atomic E-state index is 13.6. The number of hydrogen-bond donors (Lipinski definition) is 2. The number of halogens is 5. The fourth-order valence-corrected chi connectivity index (χ4v) is 2.58. The van der Waals surface area contributed by atoms with Crippen molar-refractivity contribution in [1.82, 2.24) is 5.32 Å². The predicted octanol–water partition coefficient (Wildman–Crippen LogP) is 2.70. The van der Waals surface area contributed by atoms with Crippen molar-refractivity contribution in [1.29, 1.82) is 0 Å². The van der Waals surface area contributed by atoms with Gasteiger partial charge in [-0.15, -0.1) is 0 Å². The molecule has 0 saturated heterocycles. The van der Waals surface area contributed by atoms with Gasteiger partial charge in [0.15, 0.2) is 0 Å². The van der Waals surface area contributed by atoms with Gasteiger partial charge in [0.2, 0.25) is 11.1 Å². The normalized spacial score (nSPS) is 19.4. The summed E-state index contributed by atoms with van der Waals surface area (Å²) in [5.41, 5.74) is 0. The van der Waals surface area contributed by atoms with E-state index in [0.717, 1.165) is 13.3 Å². The molecule has 14 heteroatoms. The topological polar surface area (TPSA) is 111 Å². The van der Waals surface area contributed by atoms with Crippen molar-refractivity contribution in [2.24, 2.45) is 0 Å². The number of esters is 1. The van der Waals surface area contributed by atoms with E-state index >= 15 is 0 Å². The molecule has 0 spiro atoms. The second kappa shape index (κ2) is 9.78. The Morgan fingerprint density at radius 2 is 1.71 bits per heavy atom. The first-order valence-corrected chi connectivity index (χ1v) is 9.32. The number of hydrogen-bond acceptors (Lipinski definition) is 6. The SMILES string of the molecule is CCOC(=O)C(OCC(F)(F)S(=O)O)(OC(=O)NC1CCCCC1)C(F)(F)F. The van der Waals surface area contributed by atoms with Crippen LogP contribution in [0.2, 0.25) is 0 Å². The number of carbonyl (C=O) groups is 2. The van der Waals surface area contributed by atoms with Gasteiger partial charge in [0.25, 0.3) is 0 Å². The van der Waals surface area contributed by atoms with E-state index in [1.165, 1.54) is 0 Å². The largest absolute Gasteiger partial charge is 0.468 e. The van der Waals surface area contributed by atoms with Crippen molar-refractivity contribution >= 4 is 23.1 Å². The van der Waals surface area contributed by atoms with Gasteiger partial charge in [-0.1, -0.05) is 19.3 Å². The molecule has 0 aromatic heterocycles. The third-order valence-corrected chi connectivity index (χ3v) is 4.41. The molecule has 1 fully saturated rings. The minimum atomic E-state index is -5.82. The molecule has 1 aliphatic rings. The molecule has 1 amide bonds. The molecule has 0 aliphatic heterocycles. The summed E-state index contributed by atoms with van der Waals surface area (Å²) in [7, 11) is 0. The van der Waals surface area contributed by atoms with Gasteiger partial charge in [0, 0.05) is 6.04 Å². The standard InChI is InChI=1S/C14H20F5NO7S/c1-2-25-10(21)13(14(17,18)19,26-8-12(15,16)28(23)24)27-11(22)20-9-6-4-3-5-7-9/h9H,2-8H2,1H3,(H,20,22)(H,23,24). The van der Waals surface area contributed by atoms with Gasteiger partial charge in [-0.3, -0.25) is 0 Å². The third kappa shape index (κ3) is 6.24. The summed E-state index contributed by atoms with van der Waals surface area (Å²) in [6, 6.07) is -0.527. The number of alkyl carbamates (subject to hydrolysis) is 1. The lowest BCUT2D eigenvalue weighted by Crippen LogP contribution is -2.60. The molecule has 0 heterocycles. The summed E-state index contributed by atoms with van der Waals surface area (Å²) in [6.07, 6.45) is -4.36. The highest BCUT2D eigenvalue weighted by atomic mass is 32.2. The third-order valence-electron chi connectivity index (χ3n) is 3.78. The summed E-state index contributed by atoms with van der Waals surface area (Å²) in [6.45, 7) is -1.83. The van der Waals surface area contributed by atoms with Crippen LogP contribution in [0.1, 0.15) is 39.0 Å². The first-order chi connectivity index (χ1) is 12.9. The molecule has 0 aromatic rings. The van der Waals surface area contributed by atoms with Crippen molar-refractivity contribution in [2.75, 3.05) is 13.2 Å². The van der Waals surface area contributed by atoms with Gasteiger partial charge in [-0.25, -0.2) is 13.8 Å². The highest BCUT2D eigenvalue weighted by molar-refractivity contribution is 7.80. The number of nitrogens with one attached hydrogen (secondary N) is 1. The number of amides is 1. The molecule has 1 saturated carbocycles. The zero-order valence-electron chi connectivity index (χ0n) is 14.7. The van der Waals surface area contributed by atoms with Crippen molar-refractivity contribution in [2.45, 2.75) is 62.3 Å². The molecule has 2 N–H and O–H groups in total. The Morgan fingerprint density at radius 1 is 1.14 bits per heavy atom. The monoisotopic (exact) mass is 441 g/mol. The van der Waals surface area contributed by atoms with Crippen molar-refractivity contribution in [3.8, 4) is 0 Å². The van der Waals surface area contributed by atoms with Gasteiger partial charge in [0.1, 0.15) is 6.61 Å². The molecule has 2 unspecified atom stereocenters. The summed E-state index contributed by atoms with van der Waals surface area (Å²) < 4.78 is 98.4. The van der Waals surface area contributed by atoms with E-state index in [1.807, 2.05) is 0 Å². The Hall–Kier alpha value is -1.54. The van der Waals surface area contributed by atoms with Crippen LogP contribution in [-0.2, 0) is 30.1 Å². The van der Waals surface area contributed by atoms with Crippen LogP contribution in [0.5, 0.6) is 0 Å². The molecular formula is C14H20F5NO7S. The second-order valence-corrected chi connectivity index (χ2v) is 6.97. The fourth-order valence-electron chi connectivity index (χ4n) is 2.42. The van der Waals surface area contributed by atoms with E-state index in [9.17, 15) is 35.8 Å². The molecule has 0 radical (unpaired) electrons. The van der Waals surface area contributed by atoms with Gasteiger partial charge in [0.05, 0.1) is 6.61 Å². The average molecular weight is 441 g/mol. The van der Waals surface area contributed by atoms with Gasteiger partial charge in [-0.05, 0) is 19.8 Å². The van der Waals surface area contributed by atoms with Crippen molar-refractivity contribution in [3.05, 3.63) is 0 Å². The molecule has 0 bridgehead atoms. The minimum absolute atomic E-state index is 0.454. The quantitative estimate of drug-likeness (QED) is 0.258.